The van der Waals surface area contributed by atoms with Crippen molar-refractivity contribution in [1.82, 2.24) is 4.90 Å². The van der Waals surface area contributed by atoms with Crippen molar-refractivity contribution in [3.8, 4) is 0 Å². The molecule has 0 spiro atoms. The first-order chi connectivity index (χ1) is 9.47. The first kappa shape index (κ1) is 14.3. The first-order valence-corrected chi connectivity index (χ1v) is 6.55. The normalized spacial score (nSPS) is 18.7. The number of hydrogen-bond donors (Lipinski definition) is 3. The number of amides is 2. The number of carboxylic acid groups (broad SMARTS) is 1. The number of β-amino-alcohol motifs (C(OH)–C–C–N with tert-alkyl or cyclic N) is 1. The summed E-state index contributed by atoms with van der Waals surface area (Å²) in [7, 11) is 0. The third-order valence-corrected chi connectivity index (χ3v) is 3.40. The monoisotopic (exact) mass is 278 g/mol. The number of hydrogen-bond acceptors (Lipinski definition) is 3. The van der Waals surface area contributed by atoms with Gasteiger partial charge in [-0.3, -0.25) is 0 Å². The molecule has 6 nitrogen and oxygen atoms in total. The number of nitrogens with one attached hydrogen (secondary N) is 1. The lowest BCUT2D eigenvalue weighted by Crippen LogP contribution is -2.44. The molecule has 1 atom stereocenters. The van der Waals surface area contributed by atoms with Gasteiger partial charge >= 0.3 is 12.0 Å². The molecule has 1 aliphatic rings. The highest BCUT2D eigenvalue weighted by Gasteiger charge is 2.22. The quantitative estimate of drug-likeness (QED) is 0.767. The van der Waals surface area contributed by atoms with Gasteiger partial charge in [0.15, 0.2) is 0 Å². The van der Waals surface area contributed by atoms with Crippen LogP contribution in [0.1, 0.15) is 28.8 Å². The Morgan fingerprint density at radius 1 is 1.40 bits per heavy atom. The molecule has 108 valence electrons. The molecule has 1 saturated heterocycles. The Labute approximate surface area is 117 Å². The van der Waals surface area contributed by atoms with Gasteiger partial charge in [-0.2, -0.15) is 0 Å². The Kier molecular flexibility index (Phi) is 4.24. The van der Waals surface area contributed by atoms with Crippen LogP contribution >= 0.6 is 0 Å². The van der Waals surface area contributed by atoms with E-state index < -0.39 is 12.1 Å². The minimum absolute atomic E-state index is 0.168. The number of carbonyl (C=O) groups excluding carboxylic acids is 1. The predicted octanol–water partition coefficient (Wildman–Crippen LogP) is 1.68. The van der Waals surface area contributed by atoms with Gasteiger partial charge in [0, 0.05) is 18.8 Å². The van der Waals surface area contributed by atoms with Crippen LogP contribution in [0, 0.1) is 6.92 Å². The van der Waals surface area contributed by atoms with Crippen molar-refractivity contribution in [2.45, 2.75) is 25.9 Å². The van der Waals surface area contributed by atoms with E-state index >= 15 is 0 Å². The average Bonchev–Trinajstić information content (AvgIpc) is 2.40. The zero-order valence-corrected chi connectivity index (χ0v) is 11.3. The molecule has 2 amide bonds. The number of aryl methyl sites for hydroxylation is 1. The van der Waals surface area contributed by atoms with Crippen LogP contribution in [0.2, 0.25) is 0 Å². The van der Waals surface area contributed by atoms with Gasteiger partial charge in [0.25, 0.3) is 0 Å². The fourth-order valence-electron chi connectivity index (χ4n) is 2.27. The molecular formula is C14H18N2O4. The van der Waals surface area contributed by atoms with Crippen molar-refractivity contribution < 1.29 is 19.8 Å². The van der Waals surface area contributed by atoms with Crippen LogP contribution in [0.3, 0.4) is 0 Å². The molecule has 2 rings (SSSR count). The topological polar surface area (TPSA) is 89.9 Å². The lowest BCUT2D eigenvalue weighted by molar-refractivity contribution is 0.0696. The van der Waals surface area contributed by atoms with Gasteiger partial charge < -0.3 is 20.4 Å². The SMILES string of the molecule is Cc1ccc(NC(=O)N2CCCC(O)C2)cc1C(=O)O. The summed E-state index contributed by atoms with van der Waals surface area (Å²) in [4.78, 5) is 24.6. The summed E-state index contributed by atoms with van der Waals surface area (Å²) in [6.45, 7) is 2.61. The Morgan fingerprint density at radius 2 is 2.15 bits per heavy atom. The van der Waals surface area contributed by atoms with E-state index in [1.165, 1.54) is 11.0 Å². The molecule has 1 fully saturated rings. The predicted molar refractivity (Wildman–Crippen MR) is 74.0 cm³/mol. The van der Waals surface area contributed by atoms with Gasteiger partial charge in [-0.15, -0.1) is 0 Å². The van der Waals surface area contributed by atoms with E-state index in [9.17, 15) is 14.7 Å². The maximum Gasteiger partial charge on any atom is 0.336 e. The third kappa shape index (κ3) is 3.27. The van der Waals surface area contributed by atoms with Crippen molar-refractivity contribution in [2.75, 3.05) is 18.4 Å². The second-order valence-electron chi connectivity index (χ2n) is 5.01. The first-order valence-electron chi connectivity index (χ1n) is 6.55. The summed E-state index contributed by atoms with van der Waals surface area (Å²) >= 11 is 0. The zero-order chi connectivity index (χ0) is 14.7. The van der Waals surface area contributed by atoms with Crippen LogP contribution in [0.15, 0.2) is 18.2 Å². The molecule has 1 heterocycles. The van der Waals surface area contributed by atoms with E-state index in [1.807, 2.05) is 0 Å². The van der Waals surface area contributed by atoms with Gasteiger partial charge in [0.1, 0.15) is 0 Å². The van der Waals surface area contributed by atoms with Gasteiger partial charge in [-0.1, -0.05) is 6.07 Å². The fraction of sp³-hybridized carbons (Fsp3) is 0.429. The van der Waals surface area contributed by atoms with E-state index in [0.29, 0.717) is 30.8 Å². The van der Waals surface area contributed by atoms with Gasteiger partial charge in [0.2, 0.25) is 0 Å². The highest BCUT2D eigenvalue weighted by Crippen LogP contribution is 2.17. The average molecular weight is 278 g/mol. The van der Waals surface area contributed by atoms with Gasteiger partial charge in [0.05, 0.1) is 11.7 Å². The number of urea groups is 1. The van der Waals surface area contributed by atoms with Crippen LogP contribution in [0.5, 0.6) is 0 Å². The summed E-state index contributed by atoms with van der Waals surface area (Å²) in [6.07, 6.45) is 0.988. The Balaban J connectivity index is 2.07. The molecular weight excluding hydrogens is 260 g/mol. The van der Waals surface area contributed by atoms with Crippen molar-refractivity contribution in [1.29, 1.82) is 0 Å². The number of piperidine rings is 1. The third-order valence-electron chi connectivity index (χ3n) is 3.40. The number of likely N-dealkylation sites (tertiary alicyclic amines) is 1. The van der Waals surface area contributed by atoms with Crippen molar-refractivity contribution in [2.24, 2.45) is 0 Å². The highest BCUT2D eigenvalue weighted by atomic mass is 16.4. The minimum Gasteiger partial charge on any atom is -0.478 e. The second-order valence-corrected chi connectivity index (χ2v) is 5.01. The van der Waals surface area contributed by atoms with Gasteiger partial charge in [-0.05, 0) is 37.5 Å². The van der Waals surface area contributed by atoms with E-state index in [1.54, 1.807) is 19.1 Å². The molecule has 0 radical (unpaired) electrons. The smallest absolute Gasteiger partial charge is 0.336 e. The number of aliphatic hydroxyl groups excluding tert-OH is 1. The fourth-order valence-corrected chi connectivity index (χ4v) is 2.27. The van der Waals surface area contributed by atoms with Gasteiger partial charge in [-0.25, -0.2) is 9.59 Å². The number of nitrogens with zero attached hydrogens (tertiary/aromatic N) is 1. The summed E-state index contributed by atoms with van der Waals surface area (Å²) < 4.78 is 0. The summed E-state index contributed by atoms with van der Waals surface area (Å²) in [6, 6.07) is 4.45. The minimum atomic E-state index is -1.02. The summed E-state index contributed by atoms with van der Waals surface area (Å²) in [5, 5.41) is 21.3. The molecule has 1 unspecified atom stereocenters. The molecule has 6 heteroatoms. The molecule has 0 saturated carbocycles. The maximum absolute atomic E-state index is 12.0. The lowest BCUT2D eigenvalue weighted by Gasteiger charge is -2.30. The number of carbonyl (C=O) groups is 2. The van der Waals surface area contributed by atoms with Crippen LogP contribution in [-0.2, 0) is 0 Å². The second kappa shape index (κ2) is 5.92. The van der Waals surface area contributed by atoms with E-state index in [4.69, 9.17) is 5.11 Å². The number of carboxylic acids is 1. The molecule has 1 aliphatic heterocycles. The van der Waals surface area contributed by atoms with Crippen molar-refractivity contribution in [3.63, 3.8) is 0 Å². The molecule has 1 aromatic rings. The maximum atomic E-state index is 12.0. The Bertz CT molecular complexity index is 530. The molecule has 3 N–H and O–H groups in total. The van der Waals surface area contributed by atoms with Crippen LogP contribution in [0.25, 0.3) is 0 Å². The number of anilines is 1. The number of aromatic carboxylic acids is 1. The van der Waals surface area contributed by atoms with Crippen LogP contribution < -0.4 is 5.32 Å². The van der Waals surface area contributed by atoms with E-state index in [2.05, 4.69) is 5.32 Å². The largest absolute Gasteiger partial charge is 0.478 e. The molecule has 0 aromatic heterocycles. The summed E-state index contributed by atoms with van der Waals surface area (Å²) in [5.74, 6) is -1.02. The van der Waals surface area contributed by atoms with Crippen molar-refractivity contribution in [3.05, 3.63) is 29.3 Å². The molecule has 0 aliphatic carbocycles. The Hall–Kier alpha value is -2.08. The van der Waals surface area contributed by atoms with E-state index in [-0.39, 0.29) is 11.6 Å². The zero-order valence-electron chi connectivity index (χ0n) is 11.3. The van der Waals surface area contributed by atoms with Crippen LogP contribution in [-0.4, -0.2) is 46.3 Å². The Morgan fingerprint density at radius 3 is 2.80 bits per heavy atom. The standard InChI is InChI=1S/C14H18N2O4/c1-9-4-5-10(7-12(9)13(18)19)15-14(20)16-6-2-3-11(17)8-16/h4-5,7,11,17H,2-3,6,8H2,1H3,(H,15,20)(H,18,19). The highest BCUT2D eigenvalue weighted by molar-refractivity contribution is 5.94. The van der Waals surface area contributed by atoms with Crippen molar-refractivity contribution >= 4 is 17.7 Å². The lowest BCUT2D eigenvalue weighted by atomic mass is 10.1. The van der Waals surface area contributed by atoms with Crippen LogP contribution in [0.4, 0.5) is 10.5 Å². The molecule has 1 aromatic carbocycles. The number of aliphatic hydroxyl groups is 1. The number of benzene rings is 1. The summed E-state index contributed by atoms with van der Waals surface area (Å²) in [5.41, 5.74) is 1.25. The molecule has 0 bridgehead atoms. The number of rotatable bonds is 2. The van der Waals surface area contributed by atoms with E-state index in [0.717, 1.165) is 6.42 Å². The molecule has 20 heavy (non-hydrogen) atoms.